The van der Waals surface area contributed by atoms with E-state index in [1.807, 2.05) is 24.5 Å². The maximum absolute atomic E-state index is 4.47. The Bertz CT molecular complexity index is 668. The molecule has 3 aromatic rings. The summed E-state index contributed by atoms with van der Waals surface area (Å²) in [6.07, 6.45) is 10.8. The standard InChI is InChI=1S/C14H14N6/c1-2-9-20(8-1)13-11(10-4-3-5-15-10)18-19-12(13)14-16-6-7-17-14/h1,3-8,15H,2,9H2,(H,16,17)(H,18,19). The van der Waals surface area contributed by atoms with Gasteiger partial charge < -0.3 is 14.9 Å². The Hall–Kier alpha value is -2.76. The number of aromatic nitrogens is 5. The molecule has 0 saturated carbocycles. The highest BCUT2D eigenvalue weighted by molar-refractivity contribution is 5.85. The number of anilines is 1. The molecule has 0 bridgehead atoms. The third kappa shape index (κ3) is 1.65. The van der Waals surface area contributed by atoms with Crippen molar-refractivity contribution >= 4 is 5.69 Å². The molecular weight excluding hydrogens is 252 g/mol. The zero-order chi connectivity index (χ0) is 13.4. The van der Waals surface area contributed by atoms with Crippen molar-refractivity contribution in [3.05, 3.63) is 43.0 Å². The maximum atomic E-state index is 4.47. The molecule has 0 aromatic carbocycles. The van der Waals surface area contributed by atoms with Gasteiger partial charge in [-0.2, -0.15) is 5.10 Å². The molecule has 0 aliphatic carbocycles. The normalized spacial score (nSPS) is 14.3. The van der Waals surface area contributed by atoms with Crippen LogP contribution in [0.25, 0.3) is 22.9 Å². The topological polar surface area (TPSA) is 76.4 Å². The summed E-state index contributed by atoms with van der Waals surface area (Å²) in [6.45, 7) is 0.959. The zero-order valence-electron chi connectivity index (χ0n) is 10.8. The van der Waals surface area contributed by atoms with Crippen LogP contribution in [0.4, 0.5) is 5.69 Å². The van der Waals surface area contributed by atoms with E-state index in [0.29, 0.717) is 0 Å². The second-order valence-electron chi connectivity index (χ2n) is 4.68. The van der Waals surface area contributed by atoms with Gasteiger partial charge in [-0.1, -0.05) is 6.08 Å². The number of hydrogen-bond donors (Lipinski definition) is 3. The molecule has 6 heteroatoms. The van der Waals surface area contributed by atoms with E-state index in [2.05, 4.69) is 42.3 Å². The van der Waals surface area contributed by atoms with Crippen molar-refractivity contribution < 1.29 is 0 Å². The quantitative estimate of drug-likeness (QED) is 0.681. The average Bonchev–Trinajstić information content (AvgIpc) is 3.23. The minimum absolute atomic E-state index is 0.797. The van der Waals surface area contributed by atoms with Gasteiger partial charge in [0, 0.05) is 31.3 Å². The van der Waals surface area contributed by atoms with Gasteiger partial charge >= 0.3 is 0 Å². The van der Waals surface area contributed by atoms with Gasteiger partial charge in [0.25, 0.3) is 0 Å². The van der Waals surface area contributed by atoms with Crippen molar-refractivity contribution in [2.45, 2.75) is 6.42 Å². The lowest BCUT2D eigenvalue weighted by Crippen LogP contribution is -2.13. The van der Waals surface area contributed by atoms with E-state index in [0.717, 1.165) is 41.6 Å². The first-order valence-corrected chi connectivity index (χ1v) is 6.58. The predicted octanol–water partition coefficient (Wildman–Crippen LogP) is 2.52. The molecule has 4 heterocycles. The number of hydrogen-bond acceptors (Lipinski definition) is 3. The van der Waals surface area contributed by atoms with Gasteiger partial charge in [-0.15, -0.1) is 0 Å². The van der Waals surface area contributed by atoms with Crippen molar-refractivity contribution in [3.8, 4) is 22.9 Å². The largest absolute Gasteiger partial charge is 0.360 e. The van der Waals surface area contributed by atoms with Crippen molar-refractivity contribution in [3.63, 3.8) is 0 Å². The zero-order valence-corrected chi connectivity index (χ0v) is 10.8. The summed E-state index contributed by atoms with van der Waals surface area (Å²) >= 11 is 0. The molecule has 0 fully saturated rings. The Morgan fingerprint density at radius 2 is 2.20 bits per heavy atom. The summed E-state index contributed by atoms with van der Waals surface area (Å²) < 4.78 is 0. The summed E-state index contributed by atoms with van der Waals surface area (Å²) in [5.74, 6) is 0.797. The molecule has 0 unspecified atom stereocenters. The number of nitrogens with zero attached hydrogens (tertiary/aromatic N) is 3. The molecule has 1 aliphatic rings. The van der Waals surface area contributed by atoms with Crippen LogP contribution >= 0.6 is 0 Å². The molecule has 1 aliphatic heterocycles. The lowest BCUT2D eigenvalue weighted by molar-refractivity contribution is 1.000. The van der Waals surface area contributed by atoms with Crippen LogP contribution < -0.4 is 4.90 Å². The third-order valence-corrected chi connectivity index (χ3v) is 3.44. The smallest absolute Gasteiger partial charge is 0.157 e. The first-order valence-electron chi connectivity index (χ1n) is 6.58. The molecule has 6 nitrogen and oxygen atoms in total. The van der Waals surface area contributed by atoms with Crippen LogP contribution in [0.1, 0.15) is 6.42 Å². The van der Waals surface area contributed by atoms with Gasteiger partial charge in [-0.25, -0.2) is 4.98 Å². The molecule has 0 saturated heterocycles. The fraction of sp³-hybridized carbons (Fsp3) is 0.143. The Kier molecular flexibility index (Phi) is 2.45. The molecule has 0 atom stereocenters. The molecule has 4 rings (SSSR count). The molecule has 0 amide bonds. The first kappa shape index (κ1) is 11.1. The van der Waals surface area contributed by atoms with Crippen LogP contribution in [-0.4, -0.2) is 31.7 Å². The lowest BCUT2D eigenvalue weighted by atomic mass is 10.2. The first-order chi connectivity index (χ1) is 9.93. The lowest BCUT2D eigenvalue weighted by Gasteiger charge is -2.16. The number of aromatic amines is 3. The molecule has 3 N–H and O–H groups in total. The number of rotatable bonds is 3. The van der Waals surface area contributed by atoms with E-state index in [4.69, 9.17) is 0 Å². The highest BCUT2D eigenvalue weighted by Gasteiger charge is 2.23. The predicted molar refractivity (Wildman–Crippen MR) is 77.1 cm³/mol. The molecule has 20 heavy (non-hydrogen) atoms. The average molecular weight is 266 g/mol. The highest BCUT2D eigenvalue weighted by Crippen LogP contribution is 2.37. The van der Waals surface area contributed by atoms with Crippen molar-refractivity contribution in [2.24, 2.45) is 0 Å². The minimum Gasteiger partial charge on any atom is -0.360 e. The van der Waals surface area contributed by atoms with Crippen LogP contribution in [0.15, 0.2) is 43.0 Å². The Balaban J connectivity index is 1.90. The summed E-state index contributed by atoms with van der Waals surface area (Å²) in [7, 11) is 0. The van der Waals surface area contributed by atoms with Gasteiger partial charge in [0.2, 0.25) is 0 Å². The molecule has 0 spiro atoms. The van der Waals surface area contributed by atoms with Crippen LogP contribution in [0.3, 0.4) is 0 Å². The SMILES string of the molecule is C1=CN(c2c(-c3ccc[nH]3)n[nH]c2-c2ncc[nH]2)CC1. The van der Waals surface area contributed by atoms with Crippen LogP contribution in [0, 0.1) is 0 Å². The fourth-order valence-corrected chi connectivity index (χ4v) is 2.52. The van der Waals surface area contributed by atoms with Gasteiger partial charge in [0.05, 0.1) is 11.4 Å². The summed E-state index contributed by atoms with van der Waals surface area (Å²) in [5.41, 5.74) is 3.87. The van der Waals surface area contributed by atoms with Crippen LogP contribution in [0.5, 0.6) is 0 Å². The van der Waals surface area contributed by atoms with Gasteiger partial charge in [0.15, 0.2) is 5.82 Å². The summed E-state index contributed by atoms with van der Waals surface area (Å²) in [4.78, 5) is 12.9. The van der Waals surface area contributed by atoms with E-state index in [1.54, 1.807) is 6.20 Å². The number of imidazole rings is 1. The van der Waals surface area contributed by atoms with E-state index in [-0.39, 0.29) is 0 Å². The summed E-state index contributed by atoms with van der Waals surface area (Å²) in [5, 5.41) is 7.57. The molecule has 0 radical (unpaired) electrons. The second-order valence-corrected chi connectivity index (χ2v) is 4.68. The molecule has 3 aromatic heterocycles. The Labute approximate surface area is 115 Å². The monoisotopic (exact) mass is 266 g/mol. The van der Waals surface area contributed by atoms with Crippen LogP contribution in [-0.2, 0) is 0 Å². The Morgan fingerprint density at radius 3 is 2.90 bits per heavy atom. The maximum Gasteiger partial charge on any atom is 0.157 e. The van der Waals surface area contributed by atoms with E-state index >= 15 is 0 Å². The third-order valence-electron chi connectivity index (χ3n) is 3.44. The van der Waals surface area contributed by atoms with Gasteiger partial charge in [-0.3, -0.25) is 5.10 Å². The summed E-state index contributed by atoms with van der Waals surface area (Å²) in [6, 6.07) is 3.99. The van der Waals surface area contributed by atoms with E-state index in [9.17, 15) is 0 Å². The fourth-order valence-electron chi connectivity index (χ4n) is 2.52. The van der Waals surface area contributed by atoms with Crippen molar-refractivity contribution in [1.29, 1.82) is 0 Å². The van der Waals surface area contributed by atoms with Crippen LogP contribution in [0.2, 0.25) is 0 Å². The van der Waals surface area contributed by atoms with Crippen molar-refractivity contribution in [2.75, 3.05) is 11.4 Å². The molecular formula is C14H14N6. The minimum atomic E-state index is 0.797. The van der Waals surface area contributed by atoms with E-state index < -0.39 is 0 Å². The van der Waals surface area contributed by atoms with Crippen molar-refractivity contribution in [1.82, 2.24) is 25.1 Å². The number of nitrogens with one attached hydrogen (secondary N) is 3. The van der Waals surface area contributed by atoms with Gasteiger partial charge in [-0.05, 0) is 18.6 Å². The second kappa shape index (κ2) is 4.41. The Morgan fingerprint density at radius 1 is 1.20 bits per heavy atom. The molecule has 100 valence electrons. The number of H-pyrrole nitrogens is 3. The van der Waals surface area contributed by atoms with Gasteiger partial charge in [0.1, 0.15) is 11.4 Å². The van der Waals surface area contributed by atoms with E-state index in [1.165, 1.54) is 0 Å². The highest BCUT2D eigenvalue weighted by atomic mass is 15.2.